The first-order valence-corrected chi connectivity index (χ1v) is 10.8. The van der Waals surface area contributed by atoms with E-state index in [-0.39, 0.29) is 24.1 Å². The van der Waals surface area contributed by atoms with Gasteiger partial charge in [0.05, 0.1) is 0 Å². The van der Waals surface area contributed by atoms with E-state index in [2.05, 4.69) is 22.0 Å². The van der Waals surface area contributed by atoms with Crippen LogP contribution in [0, 0.1) is 0 Å². The molecule has 1 aromatic rings. The Hall–Kier alpha value is -2.25. The summed E-state index contributed by atoms with van der Waals surface area (Å²) in [4.78, 5) is 37.9. The third-order valence-corrected chi connectivity index (χ3v) is 7.10. The molecular weight excluding hydrogens is 368 g/mol. The van der Waals surface area contributed by atoms with E-state index in [4.69, 9.17) is 0 Å². The number of carbonyl (C=O) groups excluding carboxylic acids is 3. The number of amides is 3. The number of nitrogens with one attached hydrogen (secondary N) is 3. The number of hydrogen-bond donors (Lipinski definition) is 3. The van der Waals surface area contributed by atoms with Gasteiger partial charge in [-0.1, -0.05) is 12.1 Å². The summed E-state index contributed by atoms with van der Waals surface area (Å²) in [6.45, 7) is 2.16. The molecule has 2 atom stereocenters. The fourth-order valence-corrected chi connectivity index (χ4v) is 5.31. The third-order valence-electron chi connectivity index (χ3n) is 7.10. The van der Waals surface area contributed by atoms with E-state index in [1.54, 1.807) is 4.90 Å². The molecule has 1 saturated carbocycles. The second kappa shape index (κ2) is 7.22. The van der Waals surface area contributed by atoms with Crippen LogP contribution in [-0.4, -0.2) is 46.8 Å². The van der Waals surface area contributed by atoms with Gasteiger partial charge in [-0.25, -0.2) is 0 Å². The average molecular weight is 396 g/mol. The highest BCUT2D eigenvalue weighted by Gasteiger charge is 2.42. The minimum Gasteiger partial charge on any atom is -0.322 e. The zero-order valence-electron chi connectivity index (χ0n) is 16.6. The van der Waals surface area contributed by atoms with E-state index >= 15 is 0 Å². The highest BCUT2D eigenvalue weighted by atomic mass is 16.2. The standard InChI is InChI=1S/C22H28N4O3/c27-19-5-4-18(20(28)24-19)26-13-15-10-14(2-3-17(15)21(26)29)11-23-12-16-6-9-22(25-16)7-1-8-22/h2-3,10,16,18,23,25H,1,4-9,11-13H2,(H,24,27,28). The van der Waals surface area contributed by atoms with Gasteiger partial charge in [-0.15, -0.1) is 0 Å². The maximum absolute atomic E-state index is 12.8. The highest BCUT2D eigenvalue weighted by molar-refractivity contribution is 6.05. The van der Waals surface area contributed by atoms with Crippen molar-refractivity contribution < 1.29 is 14.4 Å². The third kappa shape index (κ3) is 3.46. The number of nitrogens with zero attached hydrogens (tertiary/aromatic N) is 1. The number of fused-ring (bicyclic) bond motifs is 1. The summed E-state index contributed by atoms with van der Waals surface area (Å²) >= 11 is 0. The molecular formula is C22H28N4O3. The minimum absolute atomic E-state index is 0.116. The molecule has 4 aliphatic rings. The van der Waals surface area contributed by atoms with Crippen molar-refractivity contribution >= 4 is 17.7 Å². The molecule has 2 unspecified atom stereocenters. The summed E-state index contributed by atoms with van der Waals surface area (Å²) in [7, 11) is 0. The highest BCUT2D eigenvalue weighted by Crippen LogP contribution is 2.40. The van der Waals surface area contributed by atoms with Crippen molar-refractivity contribution in [3.8, 4) is 0 Å². The number of piperidine rings is 1. The lowest BCUT2D eigenvalue weighted by Gasteiger charge is -2.39. The lowest BCUT2D eigenvalue weighted by molar-refractivity contribution is -0.136. The van der Waals surface area contributed by atoms with Crippen molar-refractivity contribution in [2.45, 2.75) is 75.7 Å². The largest absolute Gasteiger partial charge is 0.322 e. The summed E-state index contributed by atoms with van der Waals surface area (Å²) in [5.41, 5.74) is 3.23. The molecule has 1 spiro atoms. The van der Waals surface area contributed by atoms with Crippen LogP contribution in [0.15, 0.2) is 18.2 Å². The Bertz CT molecular complexity index is 864. The molecule has 3 heterocycles. The summed E-state index contributed by atoms with van der Waals surface area (Å²) in [5.74, 6) is -0.740. The van der Waals surface area contributed by atoms with E-state index in [1.807, 2.05) is 12.1 Å². The van der Waals surface area contributed by atoms with E-state index in [0.717, 1.165) is 24.2 Å². The van der Waals surface area contributed by atoms with Gasteiger partial charge in [-0.05, 0) is 55.7 Å². The van der Waals surface area contributed by atoms with Crippen molar-refractivity contribution in [1.29, 1.82) is 0 Å². The molecule has 0 aromatic heterocycles. The van der Waals surface area contributed by atoms with E-state index < -0.39 is 6.04 Å². The Morgan fingerprint density at radius 1 is 1.14 bits per heavy atom. The lowest BCUT2D eigenvalue weighted by atomic mass is 9.76. The topological polar surface area (TPSA) is 90.5 Å². The lowest BCUT2D eigenvalue weighted by Crippen LogP contribution is -2.52. The van der Waals surface area contributed by atoms with Gasteiger partial charge in [0.15, 0.2) is 0 Å². The fraction of sp³-hybridized carbons (Fsp3) is 0.591. The van der Waals surface area contributed by atoms with Crippen molar-refractivity contribution in [3.05, 3.63) is 34.9 Å². The summed E-state index contributed by atoms with van der Waals surface area (Å²) in [6.07, 6.45) is 7.23. The molecule has 29 heavy (non-hydrogen) atoms. The molecule has 3 fully saturated rings. The Kier molecular flexibility index (Phi) is 4.67. The molecule has 7 nitrogen and oxygen atoms in total. The zero-order valence-corrected chi connectivity index (χ0v) is 16.6. The molecule has 154 valence electrons. The summed E-state index contributed by atoms with van der Waals surface area (Å²) < 4.78 is 0. The quantitative estimate of drug-likeness (QED) is 0.651. The number of hydrogen-bond acceptors (Lipinski definition) is 5. The van der Waals surface area contributed by atoms with Crippen LogP contribution < -0.4 is 16.0 Å². The first-order valence-electron chi connectivity index (χ1n) is 10.8. The number of imide groups is 1. The van der Waals surface area contributed by atoms with Gasteiger partial charge in [0.2, 0.25) is 11.8 Å². The predicted octanol–water partition coefficient (Wildman–Crippen LogP) is 1.21. The molecule has 0 bridgehead atoms. The van der Waals surface area contributed by atoms with Crippen LogP contribution in [0.25, 0.3) is 0 Å². The van der Waals surface area contributed by atoms with Crippen LogP contribution in [-0.2, 0) is 22.7 Å². The monoisotopic (exact) mass is 396 g/mol. The minimum atomic E-state index is -0.554. The Balaban J connectivity index is 1.18. The SMILES string of the molecule is O=C1CCC(N2Cc3cc(CNCC4CCC5(CCC5)N4)ccc3C2=O)C(=O)N1. The molecule has 1 aliphatic carbocycles. The van der Waals surface area contributed by atoms with Gasteiger partial charge in [-0.2, -0.15) is 0 Å². The number of carbonyl (C=O) groups is 3. The Morgan fingerprint density at radius 2 is 2.00 bits per heavy atom. The van der Waals surface area contributed by atoms with Gasteiger partial charge in [0, 0.05) is 43.2 Å². The van der Waals surface area contributed by atoms with E-state index in [1.165, 1.54) is 32.1 Å². The van der Waals surface area contributed by atoms with Crippen molar-refractivity contribution in [2.24, 2.45) is 0 Å². The normalized spacial score (nSPS) is 27.9. The second-order valence-corrected chi connectivity index (χ2v) is 9.04. The summed E-state index contributed by atoms with van der Waals surface area (Å²) in [6, 6.07) is 5.93. The molecule has 3 N–H and O–H groups in total. The smallest absolute Gasteiger partial charge is 0.255 e. The number of rotatable bonds is 5. The van der Waals surface area contributed by atoms with Crippen LogP contribution >= 0.6 is 0 Å². The van der Waals surface area contributed by atoms with Gasteiger partial charge in [0.25, 0.3) is 5.91 Å². The molecule has 0 radical (unpaired) electrons. The molecule has 7 heteroatoms. The van der Waals surface area contributed by atoms with Crippen molar-refractivity contribution in [3.63, 3.8) is 0 Å². The van der Waals surface area contributed by atoms with Gasteiger partial charge in [0.1, 0.15) is 6.04 Å². The Morgan fingerprint density at radius 3 is 2.72 bits per heavy atom. The number of benzene rings is 1. The maximum atomic E-state index is 12.8. The van der Waals surface area contributed by atoms with E-state index in [9.17, 15) is 14.4 Å². The first kappa shape index (κ1) is 18.8. The van der Waals surface area contributed by atoms with Crippen LogP contribution in [0.4, 0.5) is 0 Å². The molecule has 1 aromatic carbocycles. The average Bonchev–Trinajstić information content (AvgIpc) is 3.24. The van der Waals surface area contributed by atoms with Crippen molar-refractivity contribution in [2.75, 3.05) is 6.54 Å². The predicted molar refractivity (Wildman–Crippen MR) is 107 cm³/mol. The molecule has 3 amide bonds. The molecule has 2 saturated heterocycles. The summed E-state index contributed by atoms with van der Waals surface area (Å²) in [5, 5.41) is 9.71. The van der Waals surface area contributed by atoms with Crippen LogP contribution in [0.5, 0.6) is 0 Å². The molecule has 3 aliphatic heterocycles. The Labute approximate surface area is 170 Å². The van der Waals surface area contributed by atoms with E-state index in [0.29, 0.717) is 30.1 Å². The second-order valence-electron chi connectivity index (χ2n) is 9.04. The van der Waals surface area contributed by atoms with Crippen molar-refractivity contribution in [1.82, 2.24) is 20.9 Å². The zero-order chi connectivity index (χ0) is 20.0. The maximum Gasteiger partial charge on any atom is 0.255 e. The molecule has 5 rings (SSSR count). The van der Waals surface area contributed by atoms with Crippen LogP contribution in [0.1, 0.15) is 66.4 Å². The van der Waals surface area contributed by atoms with Gasteiger partial charge >= 0.3 is 0 Å². The van der Waals surface area contributed by atoms with Crippen LogP contribution in [0.2, 0.25) is 0 Å². The van der Waals surface area contributed by atoms with Crippen LogP contribution in [0.3, 0.4) is 0 Å². The van der Waals surface area contributed by atoms with Gasteiger partial charge < -0.3 is 15.5 Å². The fourth-order valence-electron chi connectivity index (χ4n) is 5.31. The first-order chi connectivity index (χ1) is 14.0. The van der Waals surface area contributed by atoms with Gasteiger partial charge in [-0.3, -0.25) is 19.7 Å².